The number of ether oxygens (including phenoxy) is 2. The highest BCUT2D eigenvalue weighted by molar-refractivity contribution is 5.94. The molecule has 0 aromatic heterocycles. The second kappa shape index (κ2) is 6.68. The number of hydrogen-bond acceptors (Lipinski definition) is 4. The van der Waals surface area contributed by atoms with Crippen molar-refractivity contribution in [1.29, 1.82) is 0 Å². The van der Waals surface area contributed by atoms with Gasteiger partial charge in [-0.1, -0.05) is 13.3 Å². The summed E-state index contributed by atoms with van der Waals surface area (Å²) in [5.41, 5.74) is 0.710. The van der Waals surface area contributed by atoms with E-state index in [4.69, 9.17) is 9.47 Å². The van der Waals surface area contributed by atoms with Crippen LogP contribution in [0.5, 0.6) is 5.75 Å². The maximum Gasteiger partial charge on any atom is 0.341 e. The first-order chi connectivity index (χ1) is 8.22. The Labute approximate surface area is 101 Å². The van der Waals surface area contributed by atoms with Gasteiger partial charge in [0.05, 0.1) is 13.7 Å². The number of carbonyl (C=O) groups is 2. The normalized spacial score (nSPS) is 9.76. The average molecular weight is 236 g/mol. The van der Waals surface area contributed by atoms with Crippen molar-refractivity contribution in [3.05, 3.63) is 29.3 Å². The first-order valence-corrected chi connectivity index (χ1v) is 5.53. The van der Waals surface area contributed by atoms with Gasteiger partial charge in [-0.05, 0) is 24.6 Å². The predicted octanol–water partition coefficient (Wildman–Crippen LogP) is 2.46. The van der Waals surface area contributed by atoms with Gasteiger partial charge < -0.3 is 9.47 Å². The summed E-state index contributed by atoms with van der Waals surface area (Å²) in [6.07, 6.45) is 2.46. The van der Waals surface area contributed by atoms with Gasteiger partial charge in [0.1, 0.15) is 17.6 Å². The molecule has 4 heteroatoms. The van der Waals surface area contributed by atoms with Crippen LogP contribution < -0.4 is 4.74 Å². The first kappa shape index (κ1) is 13.2. The van der Waals surface area contributed by atoms with Gasteiger partial charge in [0.2, 0.25) is 0 Å². The zero-order chi connectivity index (χ0) is 12.7. The first-order valence-electron chi connectivity index (χ1n) is 5.53. The smallest absolute Gasteiger partial charge is 0.341 e. The molecule has 0 aliphatic carbocycles. The largest absolute Gasteiger partial charge is 0.496 e. The Morgan fingerprint density at radius 1 is 1.41 bits per heavy atom. The molecule has 1 rings (SSSR count). The molecule has 0 spiro atoms. The summed E-state index contributed by atoms with van der Waals surface area (Å²) in [7, 11) is 1.47. The molecule has 1 aromatic rings. The molecule has 0 heterocycles. The third kappa shape index (κ3) is 3.59. The SMILES string of the molecule is CCCCOC(=O)c1cc(C=O)ccc1OC. The summed E-state index contributed by atoms with van der Waals surface area (Å²) < 4.78 is 10.1. The quantitative estimate of drug-likeness (QED) is 0.432. The highest BCUT2D eigenvalue weighted by Crippen LogP contribution is 2.20. The van der Waals surface area contributed by atoms with Crippen molar-refractivity contribution in [3.63, 3.8) is 0 Å². The number of carbonyl (C=O) groups excluding carboxylic acids is 2. The average Bonchev–Trinajstić information content (AvgIpc) is 2.38. The minimum atomic E-state index is -0.459. The van der Waals surface area contributed by atoms with Crippen molar-refractivity contribution in [2.24, 2.45) is 0 Å². The molecule has 0 N–H and O–H groups in total. The van der Waals surface area contributed by atoms with Gasteiger partial charge in [-0.3, -0.25) is 4.79 Å². The van der Waals surface area contributed by atoms with E-state index in [2.05, 4.69) is 0 Å². The van der Waals surface area contributed by atoms with Crippen molar-refractivity contribution in [1.82, 2.24) is 0 Å². The molecule has 0 bridgehead atoms. The number of benzene rings is 1. The predicted molar refractivity (Wildman–Crippen MR) is 63.6 cm³/mol. The molecule has 4 nitrogen and oxygen atoms in total. The Bertz CT molecular complexity index is 398. The van der Waals surface area contributed by atoms with Crippen LogP contribution in [0.4, 0.5) is 0 Å². The Balaban J connectivity index is 2.85. The van der Waals surface area contributed by atoms with Crippen LogP contribution in [0, 0.1) is 0 Å². The van der Waals surface area contributed by atoms with E-state index in [1.807, 2.05) is 6.92 Å². The molecule has 0 aliphatic rings. The second-order valence-electron chi connectivity index (χ2n) is 3.57. The number of esters is 1. The van der Waals surface area contributed by atoms with Crippen molar-refractivity contribution in [2.45, 2.75) is 19.8 Å². The molecular weight excluding hydrogens is 220 g/mol. The van der Waals surface area contributed by atoms with Gasteiger partial charge >= 0.3 is 5.97 Å². The summed E-state index contributed by atoms with van der Waals surface area (Å²) in [5, 5.41) is 0. The summed E-state index contributed by atoms with van der Waals surface area (Å²) in [6, 6.07) is 4.65. The van der Waals surface area contributed by atoms with Crippen molar-refractivity contribution >= 4 is 12.3 Å². The molecule has 0 amide bonds. The number of aldehydes is 1. The third-order valence-corrected chi connectivity index (χ3v) is 2.31. The summed E-state index contributed by atoms with van der Waals surface area (Å²) in [6.45, 7) is 2.39. The molecule has 0 atom stereocenters. The van der Waals surface area contributed by atoms with Crippen LogP contribution in [0.15, 0.2) is 18.2 Å². The monoisotopic (exact) mass is 236 g/mol. The molecular formula is C13H16O4. The highest BCUT2D eigenvalue weighted by atomic mass is 16.5. The standard InChI is InChI=1S/C13H16O4/c1-3-4-7-17-13(15)11-8-10(9-14)5-6-12(11)16-2/h5-6,8-9H,3-4,7H2,1-2H3. The molecule has 0 saturated heterocycles. The molecule has 17 heavy (non-hydrogen) atoms. The molecule has 92 valence electrons. The Kier molecular flexibility index (Phi) is 5.20. The Hall–Kier alpha value is -1.84. The number of methoxy groups -OCH3 is 1. The van der Waals surface area contributed by atoms with E-state index in [0.717, 1.165) is 12.8 Å². The van der Waals surface area contributed by atoms with Gasteiger partial charge in [0, 0.05) is 5.56 Å². The number of unbranched alkanes of at least 4 members (excludes halogenated alkanes) is 1. The third-order valence-electron chi connectivity index (χ3n) is 2.31. The van der Waals surface area contributed by atoms with E-state index in [-0.39, 0.29) is 5.56 Å². The minimum absolute atomic E-state index is 0.285. The molecule has 0 aliphatic heterocycles. The molecule has 0 fully saturated rings. The highest BCUT2D eigenvalue weighted by Gasteiger charge is 2.14. The minimum Gasteiger partial charge on any atom is -0.496 e. The number of rotatable bonds is 6. The van der Waals surface area contributed by atoms with Gasteiger partial charge in [-0.2, -0.15) is 0 Å². The molecule has 0 saturated carbocycles. The van der Waals surface area contributed by atoms with Gasteiger partial charge in [0.15, 0.2) is 0 Å². The van der Waals surface area contributed by atoms with E-state index in [9.17, 15) is 9.59 Å². The van der Waals surface area contributed by atoms with Gasteiger partial charge in [0.25, 0.3) is 0 Å². The van der Waals surface area contributed by atoms with Crippen LogP contribution in [0.1, 0.15) is 40.5 Å². The Morgan fingerprint density at radius 2 is 2.18 bits per heavy atom. The zero-order valence-electron chi connectivity index (χ0n) is 10.1. The lowest BCUT2D eigenvalue weighted by molar-refractivity contribution is 0.0496. The van der Waals surface area contributed by atoms with Crippen LogP contribution in [0.2, 0.25) is 0 Å². The maximum atomic E-state index is 11.7. The Morgan fingerprint density at radius 3 is 2.76 bits per heavy atom. The fraction of sp³-hybridized carbons (Fsp3) is 0.385. The van der Waals surface area contributed by atoms with Crippen molar-refractivity contribution in [3.8, 4) is 5.75 Å². The van der Waals surface area contributed by atoms with Gasteiger partial charge in [-0.15, -0.1) is 0 Å². The van der Waals surface area contributed by atoms with Crippen LogP contribution >= 0.6 is 0 Å². The van der Waals surface area contributed by atoms with Crippen molar-refractivity contribution in [2.75, 3.05) is 13.7 Å². The van der Waals surface area contributed by atoms with E-state index < -0.39 is 5.97 Å². The molecule has 0 unspecified atom stereocenters. The van der Waals surface area contributed by atoms with E-state index in [1.54, 1.807) is 12.1 Å². The zero-order valence-corrected chi connectivity index (χ0v) is 10.1. The molecule has 0 radical (unpaired) electrons. The fourth-order valence-electron chi connectivity index (χ4n) is 1.35. The fourth-order valence-corrected chi connectivity index (χ4v) is 1.35. The summed E-state index contributed by atoms with van der Waals surface area (Å²) in [5.74, 6) is -0.0453. The number of hydrogen-bond donors (Lipinski definition) is 0. The summed E-state index contributed by atoms with van der Waals surface area (Å²) in [4.78, 5) is 22.4. The van der Waals surface area contributed by atoms with Gasteiger partial charge in [-0.25, -0.2) is 4.79 Å². The lowest BCUT2D eigenvalue weighted by atomic mass is 10.1. The van der Waals surface area contributed by atoms with Crippen LogP contribution in [0.3, 0.4) is 0 Å². The lowest BCUT2D eigenvalue weighted by Crippen LogP contribution is -2.08. The molecule has 1 aromatic carbocycles. The van der Waals surface area contributed by atoms with Crippen LogP contribution in [-0.2, 0) is 4.74 Å². The second-order valence-corrected chi connectivity index (χ2v) is 3.57. The maximum absolute atomic E-state index is 11.7. The van der Waals surface area contributed by atoms with E-state index >= 15 is 0 Å². The van der Waals surface area contributed by atoms with Crippen LogP contribution in [0.25, 0.3) is 0 Å². The van der Waals surface area contributed by atoms with E-state index in [0.29, 0.717) is 24.2 Å². The lowest BCUT2D eigenvalue weighted by Gasteiger charge is -2.08. The topological polar surface area (TPSA) is 52.6 Å². The summed E-state index contributed by atoms with van der Waals surface area (Å²) >= 11 is 0. The van der Waals surface area contributed by atoms with Crippen molar-refractivity contribution < 1.29 is 19.1 Å². The van der Waals surface area contributed by atoms with Crippen LogP contribution in [-0.4, -0.2) is 26.0 Å². The van der Waals surface area contributed by atoms with E-state index in [1.165, 1.54) is 13.2 Å².